The van der Waals surface area contributed by atoms with Gasteiger partial charge < -0.3 is 10.6 Å². The maximum atomic E-state index is 5.62. The summed E-state index contributed by atoms with van der Waals surface area (Å²) in [5.74, 6) is 0. The molecule has 1 aliphatic rings. The van der Waals surface area contributed by atoms with E-state index in [1.807, 2.05) is 6.07 Å². The standard InChI is InChI=1S/C14H24N4/c1-17(2)14-6-8-18(9-7-14)11-13-5-3-4-12(10-15)16-13/h3-5,14H,6-11,15H2,1-2H3. The van der Waals surface area contributed by atoms with Crippen LogP contribution in [0.5, 0.6) is 0 Å². The monoisotopic (exact) mass is 248 g/mol. The molecule has 1 aromatic heterocycles. The van der Waals surface area contributed by atoms with Crippen LogP contribution in [0.3, 0.4) is 0 Å². The van der Waals surface area contributed by atoms with Crippen molar-refractivity contribution in [2.75, 3.05) is 27.2 Å². The van der Waals surface area contributed by atoms with Crippen molar-refractivity contribution >= 4 is 0 Å². The molecule has 2 N–H and O–H groups in total. The molecular weight excluding hydrogens is 224 g/mol. The molecule has 18 heavy (non-hydrogen) atoms. The van der Waals surface area contributed by atoms with Crippen molar-refractivity contribution in [3.8, 4) is 0 Å². The molecule has 0 amide bonds. The average molecular weight is 248 g/mol. The lowest BCUT2D eigenvalue weighted by Gasteiger charge is -2.35. The molecule has 2 rings (SSSR count). The third-order valence-electron chi connectivity index (χ3n) is 3.75. The Morgan fingerprint density at radius 3 is 2.56 bits per heavy atom. The van der Waals surface area contributed by atoms with E-state index in [9.17, 15) is 0 Å². The maximum Gasteiger partial charge on any atom is 0.0547 e. The van der Waals surface area contributed by atoms with Crippen molar-refractivity contribution in [1.82, 2.24) is 14.8 Å². The minimum atomic E-state index is 0.524. The van der Waals surface area contributed by atoms with E-state index < -0.39 is 0 Å². The predicted molar refractivity (Wildman–Crippen MR) is 74.1 cm³/mol. The zero-order valence-electron chi connectivity index (χ0n) is 11.5. The topological polar surface area (TPSA) is 45.4 Å². The van der Waals surface area contributed by atoms with Gasteiger partial charge in [-0.05, 0) is 39.1 Å². The van der Waals surface area contributed by atoms with Crippen LogP contribution < -0.4 is 5.73 Å². The average Bonchev–Trinajstić information content (AvgIpc) is 2.39. The van der Waals surface area contributed by atoms with Crippen molar-refractivity contribution in [2.24, 2.45) is 5.73 Å². The Bertz CT molecular complexity index is 370. The van der Waals surface area contributed by atoms with Gasteiger partial charge in [0, 0.05) is 32.2 Å². The van der Waals surface area contributed by atoms with Crippen molar-refractivity contribution in [2.45, 2.75) is 32.0 Å². The second-order valence-corrected chi connectivity index (χ2v) is 5.30. The summed E-state index contributed by atoms with van der Waals surface area (Å²) in [6, 6.07) is 6.88. The quantitative estimate of drug-likeness (QED) is 0.865. The highest BCUT2D eigenvalue weighted by Gasteiger charge is 2.20. The third kappa shape index (κ3) is 3.51. The van der Waals surface area contributed by atoms with Crippen LogP contribution in [0.4, 0.5) is 0 Å². The Morgan fingerprint density at radius 2 is 1.94 bits per heavy atom. The first-order chi connectivity index (χ1) is 8.69. The Kier molecular flexibility index (Phi) is 4.69. The van der Waals surface area contributed by atoms with Crippen LogP contribution in [0, 0.1) is 0 Å². The number of nitrogens with zero attached hydrogens (tertiary/aromatic N) is 3. The van der Waals surface area contributed by atoms with Crippen molar-refractivity contribution in [3.63, 3.8) is 0 Å². The largest absolute Gasteiger partial charge is 0.325 e. The lowest BCUT2D eigenvalue weighted by Crippen LogP contribution is -2.41. The number of nitrogens with two attached hydrogens (primary N) is 1. The van der Waals surface area contributed by atoms with Gasteiger partial charge in [0.1, 0.15) is 0 Å². The summed E-state index contributed by atoms with van der Waals surface area (Å²) in [4.78, 5) is 9.39. The summed E-state index contributed by atoms with van der Waals surface area (Å²) in [6.07, 6.45) is 2.51. The van der Waals surface area contributed by atoms with E-state index in [1.54, 1.807) is 0 Å². The highest BCUT2D eigenvalue weighted by molar-refractivity contribution is 5.11. The van der Waals surface area contributed by atoms with E-state index in [0.717, 1.165) is 37.1 Å². The molecule has 0 aromatic carbocycles. The van der Waals surface area contributed by atoms with Gasteiger partial charge in [-0.2, -0.15) is 0 Å². The van der Waals surface area contributed by atoms with Gasteiger partial charge in [0.25, 0.3) is 0 Å². The fraction of sp³-hybridized carbons (Fsp3) is 0.643. The molecular formula is C14H24N4. The molecule has 4 nitrogen and oxygen atoms in total. The number of rotatable bonds is 4. The normalized spacial score (nSPS) is 18.4. The molecule has 0 saturated carbocycles. The minimum absolute atomic E-state index is 0.524. The van der Waals surface area contributed by atoms with E-state index in [-0.39, 0.29) is 0 Å². The summed E-state index contributed by atoms with van der Waals surface area (Å²) in [5.41, 5.74) is 7.74. The number of pyridine rings is 1. The Hall–Kier alpha value is -0.970. The second-order valence-electron chi connectivity index (χ2n) is 5.30. The van der Waals surface area contributed by atoms with Gasteiger partial charge in [0.05, 0.1) is 11.4 Å². The van der Waals surface area contributed by atoms with Crippen LogP contribution in [-0.2, 0) is 13.1 Å². The molecule has 0 spiro atoms. The molecule has 1 aliphatic heterocycles. The zero-order chi connectivity index (χ0) is 13.0. The molecule has 1 aromatic rings. The lowest BCUT2D eigenvalue weighted by molar-refractivity contribution is 0.139. The SMILES string of the molecule is CN(C)C1CCN(Cc2cccc(CN)n2)CC1. The lowest BCUT2D eigenvalue weighted by atomic mass is 10.0. The summed E-state index contributed by atoms with van der Waals surface area (Å²) >= 11 is 0. The molecule has 0 aliphatic carbocycles. The maximum absolute atomic E-state index is 5.62. The fourth-order valence-electron chi connectivity index (χ4n) is 2.55. The van der Waals surface area contributed by atoms with Gasteiger partial charge in [-0.1, -0.05) is 6.07 Å². The Morgan fingerprint density at radius 1 is 1.28 bits per heavy atom. The smallest absolute Gasteiger partial charge is 0.0547 e. The highest BCUT2D eigenvalue weighted by Crippen LogP contribution is 2.16. The highest BCUT2D eigenvalue weighted by atomic mass is 15.2. The molecule has 0 bridgehead atoms. The van der Waals surface area contributed by atoms with E-state index >= 15 is 0 Å². The number of hydrogen-bond donors (Lipinski definition) is 1. The van der Waals surface area contributed by atoms with Gasteiger partial charge in [-0.25, -0.2) is 0 Å². The first kappa shape index (κ1) is 13.5. The van der Waals surface area contributed by atoms with Crippen LogP contribution in [0.25, 0.3) is 0 Å². The molecule has 1 fully saturated rings. The summed E-state index contributed by atoms with van der Waals surface area (Å²) in [7, 11) is 4.35. The number of aromatic nitrogens is 1. The number of piperidine rings is 1. The van der Waals surface area contributed by atoms with Crippen LogP contribution in [0.1, 0.15) is 24.2 Å². The van der Waals surface area contributed by atoms with Crippen molar-refractivity contribution in [1.29, 1.82) is 0 Å². The molecule has 2 heterocycles. The minimum Gasteiger partial charge on any atom is -0.325 e. The molecule has 0 radical (unpaired) electrons. The summed E-state index contributed by atoms with van der Waals surface area (Å²) < 4.78 is 0. The molecule has 1 saturated heterocycles. The fourth-order valence-corrected chi connectivity index (χ4v) is 2.55. The Labute approximate surface area is 110 Å². The molecule has 0 atom stereocenters. The number of hydrogen-bond acceptors (Lipinski definition) is 4. The molecule has 100 valence electrons. The summed E-state index contributed by atoms with van der Waals surface area (Å²) in [5, 5.41) is 0. The van der Waals surface area contributed by atoms with Crippen LogP contribution in [0.15, 0.2) is 18.2 Å². The van der Waals surface area contributed by atoms with Crippen LogP contribution in [-0.4, -0.2) is 48.0 Å². The molecule has 0 unspecified atom stereocenters. The zero-order valence-corrected chi connectivity index (χ0v) is 11.5. The summed E-state index contributed by atoms with van der Waals surface area (Å²) in [6.45, 7) is 3.80. The van der Waals surface area contributed by atoms with E-state index in [1.165, 1.54) is 12.8 Å². The van der Waals surface area contributed by atoms with Crippen LogP contribution in [0.2, 0.25) is 0 Å². The third-order valence-corrected chi connectivity index (χ3v) is 3.75. The van der Waals surface area contributed by atoms with Gasteiger partial charge in [-0.3, -0.25) is 9.88 Å². The van der Waals surface area contributed by atoms with E-state index in [2.05, 4.69) is 41.0 Å². The van der Waals surface area contributed by atoms with Gasteiger partial charge in [-0.15, -0.1) is 0 Å². The van der Waals surface area contributed by atoms with Crippen molar-refractivity contribution in [3.05, 3.63) is 29.6 Å². The first-order valence-electron chi connectivity index (χ1n) is 6.72. The van der Waals surface area contributed by atoms with E-state index in [0.29, 0.717) is 6.54 Å². The molecule has 4 heteroatoms. The first-order valence-corrected chi connectivity index (χ1v) is 6.72. The predicted octanol–water partition coefficient (Wildman–Crippen LogP) is 1.07. The van der Waals surface area contributed by atoms with Gasteiger partial charge in [0.2, 0.25) is 0 Å². The second kappa shape index (κ2) is 6.27. The van der Waals surface area contributed by atoms with Crippen LogP contribution >= 0.6 is 0 Å². The Balaban J connectivity index is 1.87. The van der Waals surface area contributed by atoms with Gasteiger partial charge >= 0.3 is 0 Å². The van der Waals surface area contributed by atoms with E-state index in [4.69, 9.17) is 5.73 Å². The van der Waals surface area contributed by atoms with Crippen molar-refractivity contribution < 1.29 is 0 Å². The number of likely N-dealkylation sites (tertiary alicyclic amines) is 1. The van der Waals surface area contributed by atoms with Gasteiger partial charge in [0.15, 0.2) is 0 Å².